The maximum absolute atomic E-state index is 4.96. The molecule has 3 rings (SSSR count). The summed E-state index contributed by atoms with van der Waals surface area (Å²) in [6.45, 7) is 5.73. The van der Waals surface area contributed by atoms with Gasteiger partial charge in [0.2, 0.25) is 5.89 Å². The van der Waals surface area contributed by atoms with Gasteiger partial charge in [-0.05, 0) is 26.2 Å². The molecular formula is C14H24N6O. The van der Waals surface area contributed by atoms with Crippen molar-refractivity contribution in [3.05, 3.63) is 11.7 Å². The molecule has 2 unspecified atom stereocenters. The molecule has 1 saturated heterocycles. The minimum atomic E-state index is 0.457. The van der Waals surface area contributed by atoms with E-state index in [2.05, 4.69) is 37.6 Å². The molecule has 2 aliphatic rings. The average molecular weight is 292 g/mol. The molecule has 1 aliphatic heterocycles. The molecule has 7 heteroatoms. The summed E-state index contributed by atoms with van der Waals surface area (Å²) < 4.78 is 4.96. The number of aromatic nitrogens is 2. The van der Waals surface area contributed by atoms with Crippen LogP contribution in [0.3, 0.4) is 0 Å². The summed E-state index contributed by atoms with van der Waals surface area (Å²) in [5, 5.41) is 10.6. The maximum atomic E-state index is 4.96. The molecule has 1 saturated carbocycles. The second-order valence-electron chi connectivity index (χ2n) is 6.01. The van der Waals surface area contributed by atoms with E-state index in [0.717, 1.165) is 18.5 Å². The van der Waals surface area contributed by atoms with Crippen molar-refractivity contribution in [2.75, 3.05) is 13.6 Å². The molecule has 0 spiro atoms. The number of guanidine groups is 1. The predicted molar refractivity (Wildman–Crippen MR) is 80.0 cm³/mol. The van der Waals surface area contributed by atoms with E-state index in [-0.39, 0.29) is 0 Å². The molecule has 1 aromatic rings. The monoisotopic (exact) mass is 292 g/mol. The summed E-state index contributed by atoms with van der Waals surface area (Å²) >= 11 is 0. The number of nitrogens with zero attached hydrogens (tertiary/aromatic N) is 4. The van der Waals surface area contributed by atoms with Gasteiger partial charge in [-0.2, -0.15) is 4.98 Å². The zero-order valence-corrected chi connectivity index (χ0v) is 13.0. The number of nitrogens with one attached hydrogen (secondary N) is 2. The number of hydrogen-bond donors (Lipinski definition) is 2. The number of aliphatic imine (C=N–C) groups is 1. The van der Waals surface area contributed by atoms with Crippen molar-refractivity contribution in [3.63, 3.8) is 0 Å². The molecule has 2 N–H and O–H groups in total. The Bertz CT molecular complexity index is 509. The fourth-order valence-corrected chi connectivity index (χ4v) is 3.04. The molecule has 0 amide bonds. The lowest BCUT2D eigenvalue weighted by molar-refractivity contribution is 0.256. The highest BCUT2D eigenvalue weighted by molar-refractivity contribution is 5.79. The Balaban J connectivity index is 1.48. The highest BCUT2D eigenvalue weighted by atomic mass is 16.5. The SMILES string of the molecule is CN=C(NCc1noc(C)n1)NC1CC(C)N(C2CC2)C1. The molecule has 0 bridgehead atoms. The first kappa shape index (κ1) is 14.3. The molecule has 1 aromatic heterocycles. The van der Waals surface area contributed by atoms with Crippen LogP contribution in [0.15, 0.2) is 9.52 Å². The van der Waals surface area contributed by atoms with E-state index in [1.807, 2.05) is 0 Å². The first-order valence-electron chi connectivity index (χ1n) is 7.68. The van der Waals surface area contributed by atoms with Crippen molar-refractivity contribution in [3.8, 4) is 0 Å². The molecule has 2 fully saturated rings. The summed E-state index contributed by atoms with van der Waals surface area (Å²) in [5.41, 5.74) is 0. The van der Waals surface area contributed by atoms with Crippen molar-refractivity contribution >= 4 is 5.96 Å². The van der Waals surface area contributed by atoms with Gasteiger partial charge in [-0.1, -0.05) is 5.16 Å². The fraction of sp³-hybridized carbons (Fsp3) is 0.786. The minimum Gasteiger partial charge on any atom is -0.352 e. The first-order valence-corrected chi connectivity index (χ1v) is 7.68. The lowest BCUT2D eigenvalue weighted by atomic mass is 10.2. The van der Waals surface area contributed by atoms with E-state index < -0.39 is 0 Å². The lowest BCUT2D eigenvalue weighted by Crippen LogP contribution is -2.44. The van der Waals surface area contributed by atoms with Gasteiger partial charge < -0.3 is 15.2 Å². The van der Waals surface area contributed by atoms with Crippen LogP contribution in [0, 0.1) is 6.92 Å². The van der Waals surface area contributed by atoms with Crippen LogP contribution >= 0.6 is 0 Å². The highest BCUT2D eigenvalue weighted by Gasteiger charge is 2.38. The van der Waals surface area contributed by atoms with Gasteiger partial charge in [-0.25, -0.2) is 0 Å². The number of hydrogen-bond acceptors (Lipinski definition) is 5. The normalized spacial score (nSPS) is 27.1. The molecule has 0 aromatic carbocycles. The standard InChI is InChI=1S/C14H24N6O/c1-9-6-11(8-20(9)12-4-5-12)18-14(15-3)16-7-13-17-10(2)21-19-13/h9,11-12H,4-8H2,1-3H3,(H2,15,16,18). The Hall–Kier alpha value is -1.63. The third kappa shape index (κ3) is 3.53. The third-order valence-electron chi connectivity index (χ3n) is 4.19. The van der Waals surface area contributed by atoms with Gasteiger partial charge in [0.25, 0.3) is 0 Å². The van der Waals surface area contributed by atoms with E-state index in [1.54, 1.807) is 14.0 Å². The topological polar surface area (TPSA) is 78.6 Å². The largest absolute Gasteiger partial charge is 0.352 e. The van der Waals surface area contributed by atoms with E-state index >= 15 is 0 Å². The maximum Gasteiger partial charge on any atom is 0.223 e. The molecule has 21 heavy (non-hydrogen) atoms. The highest BCUT2D eigenvalue weighted by Crippen LogP contribution is 2.33. The molecule has 2 heterocycles. The minimum absolute atomic E-state index is 0.457. The van der Waals surface area contributed by atoms with Crippen molar-refractivity contribution < 1.29 is 4.52 Å². The zero-order valence-electron chi connectivity index (χ0n) is 13.0. The van der Waals surface area contributed by atoms with Crippen LogP contribution in [0.4, 0.5) is 0 Å². The van der Waals surface area contributed by atoms with Gasteiger partial charge >= 0.3 is 0 Å². The van der Waals surface area contributed by atoms with Crippen LogP contribution in [0.2, 0.25) is 0 Å². The summed E-state index contributed by atoms with van der Waals surface area (Å²) in [6, 6.07) is 1.94. The Kier molecular flexibility index (Phi) is 4.10. The van der Waals surface area contributed by atoms with Crippen LogP contribution in [-0.4, -0.2) is 52.7 Å². The van der Waals surface area contributed by atoms with Crippen molar-refractivity contribution in [2.24, 2.45) is 4.99 Å². The molecule has 0 radical (unpaired) electrons. The third-order valence-corrected chi connectivity index (χ3v) is 4.19. The van der Waals surface area contributed by atoms with Gasteiger partial charge in [0.1, 0.15) is 0 Å². The van der Waals surface area contributed by atoms with Gasteiger partial charge in [-0.3, -0.25) is 9.89 Å². The molecular weight excluding hydrogens is 268 g/mol. The van der Waals surface area contributed by atoms with E-state index in [4.69, 9.17) is 4.52 Å². The second-order valence-corrected chi connectivity index (χ2v) is 6.01. The summed E-state index contributed by atoms with van der Waals surface area (Å²) in [6.07, 6.45) is 3.89. The molecule has 116 valence electrons. The quantitative estimate of drug-likeness (QED) is 0.627. The van der Waals surface area contributed by atoms with Crippen LogP contribution in [0.25, 0.3) is 0 Å². The summed E-state index contributed by atoms with van der Waals surface area (Å²) in [7, 11) is 1.79. The van der Waals surface area contributed by atoms with Crippen molar-refractivity contribution in [1.82, 2.24) is 25.7 Å². The van der Waals surface area contributed by atoms with Crippen molar-refractivity contribution in [1.29, 1.82) is 0 Å². The predicted octanol–water partition coefficient (Wildman–Crippen LogP) is 0.668. The number of aryl methyl sites for hydroxylation is 1. The van der Waals surface area contributed by atoms with Gasteiger partial charge in [0.15, 0.2) is 11.8 Å². The first-order chi connectivity index (χ1) is 10.2. The smallest absolute Gasteiger partial charge is 0.223 e. The fourth-order valence-electron chi connectivity index (χ4n) is 3.04. The number of likely N-dealkylation sites (tertiary alicyclic amines) is 1. The summed E-state index contributed by atoms with van der Waals surface area (Å²) in [5.74, 6) is 2.03. The van der Waals surface area contributed by atoms with E-state index in [0.29, 0.717) is 30.3 Å². The van der Waals surface area contributed by atoms with E-state index in [9.17, 15) is 0 Å². The average Bonchev–Trinajstić information content (AvgIpc) is 3.12. The summed E-state index contributed by atoms with van der Waals surface area (Å²) in [4.78, 5) is 11.1. The molecule has 1 aliphatic carbocycles. The van der Waals surface area contributed by atoms with Gasteiger partial charge in [0.05, 0.1) is 6.54 Å². The van der Waals surface area contributed by atoms with E-state index in [1.165, 1.54) is 19.3 Å². The van der Waals surface area contributed by atoms with Crippen molar-refractivity contribution in [2.45, 2.75) is 57.8 Å². The molecule has 2 atom stereocenters. The van der Waals surface area contributed by atoms with Crippen LogP contribution in [0.1, 0.15) is 37.9 Å². The number of rotatable bonds is 4. The van der Waals surface area contributed by atoms with Gasteiger partial charge in [-0.15, -0.1) is 0 Å². The zero-order chi connectivity index (χ0) is 14.8. The van der Waals surface area contributed by atoms with Crippen LogP contribution in [0.5, 0.6) is 0 Å². The Morgan fingerprint density at radius 3 is 2.90 bits per heavy atom. The lowest BCUT2D eigenvalue weighted by Gasteiger charge is -2.20. The Morgan fingerprint density at radius 1 is 1.48 bits per heavy atom. The van der Waals surface area contributed by atoms with Crippen LogP contribution < -0.4 is 10.6 Å². The Morgan fingerprint density at radius 2 is 2.29 bits per heavy atom. The Labute approximate surface area is 125 Å². The van der Waals surface area contributed by atoms with Gasteiger partial charge in [0, 0.05) is 38.6 Å². The van der Waals surface area contributed by atoms with Crippen LogP contribution in [-0.2, 0) is 6.54 Å². The molecule has 7 nitrogen and oxygen atoms in total. The second kappa shape index (κ2) is 6.01.